The Balaban J connectivity index is 1.84. The highest BCUT2D eigenvalue weighted by Gasteiger charge is 2.22. The van der Waals surface area contributed by atoms with Crippen LogP contribution in [0.15, 0.2) is 24.3 Å². The van der Waals surface area contributed by atoms with Crippen molar-refractivity contribution in [2.24, 2.45) is 17.6 Å². The van der Waals surface area contributed by atoms with Crippen LogP contribution in [0.4, 0.5) is 0 Å². The van der Waals surface area contributed by atoms with Crippen molar-refractivity contribution in [3.63, 3.8) is 0 Å². The molecule has 0 aromatic heterocycles. The second-order valence-electron chi connectivity index (χ2n) is 5.96. The molecule has 1 saturated heterocycles. The SMILES string of the molecule is CC1CCN(CCC(N)c2ccccc2Cl)CC1C. The number of hydrogen-bond donors (Lipinski definition) is 1. The standard InChI is InChI=1S/C16H25ClN2/c1-12-7-9-19(11-13(12)2)10-8-16(18)14-5-3-4-6-15(14)17/h3-6,12-13,16H,7-11,18H2,1-2H3. The van der Waals surface area contributed by atoms with Gasteiger partial charge in [0.25, 0.3) is 0 Å². The van der Waals surface area contributed by atoms with Crippen LogP contribution in [0.25, 0.3) is 0 Å². The number of rotatable bonds is 4. The van der Waals surface area contributed by atoms with Gasteiger partial charge in [0, 0.05) is 17.6 Å². The third-order valence-electron chi connectivity index (χ3n) is 4.48. The van der Waals surface area contributed by atoms with Gasteiger partial charge in [0.15, 0.2) is 0 Å². The predicted molar refractivity (Wildman–Crippen MR) is 82.4 cm³/mol. The molecule has 2 nitrogen and oxygen atoms in total. The van der Waals surface area contributed by atoms with Crippen LogP contribution in [0.5, 0.6) is 0 Å². The molecular formula is C16H25ClN2. The average Bonchev–Trinajstić information content (AvgIpc) is 2.40. The van der Waals surface area contributed by atoms with Gasteiger partial charge in [-0.05, 0) is 49.4 Å². The summed E-state index contributed by atoms with van der Waals surface area (Å²) in [4.78, 5) is 2.54. The lowest BCUT2D eigenvalue weighted by Gasteiger charge is -2.35. The van der Waals surface area contributed by atoms with Gasteiger partial charge in [-0.3, -0.25) is 0 Å². The molecule has 1 aromatic rings. The van der Waals surface area contributed by atoms with E-state index in [0.717, 1.165) is 35.4 Å². The number of piperidine rings is 1. The molecule has 3 atom stereocenters. The minimum Gasteiger partial charge on any atom is -0.324 e. The highest BCUT2D eigenvalue weighted by molar-refractivity contribution is 6.31. The maximum atomic E-state index is 6.26. The normalized spacial score (nSPS) is 26.3. The molecule has 2 rings (SSSR count). The minimum atomic E-state index is 0.0448. The summed E-state index contributed by atoms with van der Waals surface area (Å²) < 4.78 is 0. The van der Waals surface area contributed by atoms with E-state index in [4.69, 9.17) is 17.3 Å². The number of halogens is 1. The van der Waals surface area contributed by atoms with Crippen molar-refractivity contribution >= 4 is 11.6 Å². The zero-order chi connectivity index (χ0) is 13.8. The number of likely N-dealkylation sites (tertiary alicyclic amines) is 1. The lowest BCUT2D eigenvalue weighted by atomic mass is 9.88. The van der Waals surface area contributed by atoms with Crippen molar-refractivity contribution in [2.75, 3.05) is 19.6 Å². The van der Waals surface area contributed by atoms with Crippen molar-refractivity contribution in [3.8, 4) is 0 Å². The lowest BCUT2D eigenvalue weighted by molar-refractivity contribution is 0.135. The molecule has 0 spiro atoms. The number of nitrogens with zero attached hydrogens (tertiary/aromatic N) is 1. The van der Waals surface area contributed by atoms with Crippen LogP contribution in [-0.4, -0.2) is 24.5 Å². The van der Waals surface area contributed by atoms with Crippen molar-refractivity contribution in [2.45, 2.75) is 32.7 Å². The van der Waals surface area contributed by atoms with Crippen LogP contribution in [-0.2, 0) is 0 Å². The van der Waals surface area contributed by atoms with Crippen LogP contribution in [0.1, 0.15) is 38.3 Å². The Morgan fingerprint density at radius 1 is 1.32 bits per heavy atom. The molecule has 0 saturated carbocycles. The monoisotopic (exact) mass is 280 g/mol. The Kier molecular flexibility index (Phi) is 5.26. The van der Waals surface area contributed by atoms with E-state index in [2.05, 4.69) is 18.7 Å². The van der Waals surface area contributed by atoms with E-state index in [0.29, 0.717) is 0 Å². The largest absolute Gasteiger partial charge is 0.324 e. The minimum absolute atomic E-state index is 0.0448. The molecule has 3 heteroatoms. The number of nitrogens with two attached hydrogens (primary N) is 1. The summed E-state index contributed by atoms with van der Waals surface area (Å²) >= 11 is 6.19. The Morgan fingerprint density at radius 3 is 2.74 bits per heavy atom. The van der Waals surface area contributed by atoms with Crippen molar-refractivity contribution in [1.29, 1.82) is 0 Å². The topological polar surface area (TPSA) is 29.3 Å². The van der Waals surface area contributed by atoms with E-state index >= 15 is 0 Å². The molecule has 3 unspecified atom stereocenters. The number of hydrogen-bond acceptors (Lipinski definition) is 2. The first-order valence-electron chi connectivity index (χ1n) is 7.30. The first kappa shape index (κ1) is 14.8. The van der Waals surface area contributed by atoms with E-state index in [-0.39, 0.29) is 6.04 Å². The van der Waals surface area contributed by atoms with Crippen LogP contribution in [0.3, 0.4) is 0 Å². The van der Waals surface area contributed by atoms with Gasteiger partial charge in [0.2, 0.25) is 0 Å². The summed E-state index contributed by atoms with van der Waals surface area (Å²) in [6.45, 7) is 8.20. The molecule has 0 aliphatic carbocycles. The predicted octanol–water partition coefficient (Wildman–Crippen LogP) is 3.71. The van der Waals surface area contributed by atoms with Gasteiger partial charge in [-0.15, -0.1) is 0 Å². The molecule has 2 N–H and O–H groups in total. The molecule has 1 aliphatic heterocycles. The van der Waals surface area contributed by atoms with Gasteiger partial charge in [-0.1, -0.05) is 43.6 Å². The zero-order valence-electron chi connectivity index (χ0n) is 12.0. The molecule has 19 heavy (non-hydrogen) atoms. The van der Waals surface area contributed by atoms with Gasteiger partial charge < -0.3 is 10.6 Å². The summed E-state index contributed by atoms with van der Waals surface area (Å²) in [6, 6.07) is 7.95. The highest BCUT2D eigenvalue weighted by Crippen LogP contribution is 2.26. The fraction of sp³-hybridized carbons (Fsp3) is 0.625. The number of benzene rings is 1. The third-order valence-corrected chi connectivity index (χ3v) is 4.82. The van der Waals surface area contributed by atoms with E-state index in [1.54, 1.807) is 0 Å². The Labute approximate surface area is 121 Å². The highest BCUT2D eigenvalue weighted by atomic mass is 35.5. The summed E-state index contributed by atoms with van der Waals surface area (Å²) in [5.74, 6) is 1.65. The maximum Gasteiger partial charge on any atom is 0.0453 e. The van der Waals surface area contributed by atoms with E-state index in [1.807, 2.05) is 24.3 Å². The Bertz CT molecular complexity index is 407. The smallest absolute Gasteiger partial charge is 0.0453 e. The van der Waals surface area contributed by atoms with Crippen molar-refractivity contribution in [3.05, 3.63) is 34.9 Å². The first-order valence-corrected chi connectivity index (χ1v) is 7.68. The van der Waals surface area contributed by atoms with E-state index < -0.39 is 0 Å². The molecule has 1 aromatic carbocycles. The van der Waals surface area contributed by atoms with E-state index in [1.165, 1.54) is 19.5 Å². The summed E-state index contributed by atoms with van der Waals surface area (Å²) in [5.41, 5.74) is 7.34. The molecule has 1 fully saturated rings. The Hall–Kier alpha value is -0.570. The lowest BCUT2D eigenvalue weighted by Crippen LogP contribution is -2.39. The quantitative estimate of drug-likeness (QED) is 0.911. The van der Waals surface area contributed by atoms with Gasteiger partial charge >= 0.3 is 0 Å². The third kappa shape index (κ3) is 3.95. The van der Waals surface area contributed by atoms with Crippen LogP contribution >= 0.6 is 11.6 Å². The van der Waals surface area contributed by atoms with Crippen molar-refractivity contribution in [1.82, 2.24) is 4.90 Å². The van der Waals surface area contributed by atoms with Gasteiger partial charge in [-0.25, -0.2) is 0 Å². The molecule has 1 aliphatic rings. The van der Waals surface area contributed by atoms with Gasteiger partial charge in [0.05, 0.1) is 0 Å². The zero-order valence-corrected chi connectivity index (χ0v) is 12.7. The molecule has 0 radical (unpaired) electrons. The summed E-state index contributed by atoms with van der Waals surface area (Å²) in [7, 11) is 0. The Morgan fingerprint density at radius 2 is 2.05 bits per heavy atom. The molecular weight excluding hydrogens is 256 g/mol. The van der Waals surface area contributed by atoms with E-state index in [9.17, 15) is 0 Å². The fourth-order valence-electron chi connectivity index (χ4n) is 2.81. The second-order valence-corrected chi connectivity index (χ2v) is 6.37. The molecule has 1 heterocycles. The molecule has 0 bridgehead atoms. The maximum absolute atomic E-state index is 6.26. The average molecular weight is 281 g/mol. The van der Waals surface area contributed by atoms with Crippen LogP contribution in [0.2, 0.25) is 5.02 Å². The van der Waals surface area contributed by atoms with Gasteiger partial charge in [-0.2, -0.15) is 0 Å². The second kappa shape index (κ2) is 6.74. The van der Waals surface area contributed by atoms with Gasteiger partial charge in [0.1, 0.15) is 0 Å². The molecule has 0 amide bonds. The van der Waals surface area contributed by atoms with Crippen LogP contribution in [0, 0.1) is 11.8 Å². The molecule has 106 valence electrons. The summed E-state index contributed by atoms with van der Waals surface area (Å²) in [5, 5.41) is 0.788. The summed E-state index contributed by atoms with van der Waals surface area (Å²) in [6.07, 6.45) is 2.29. The van der Waals surface area contributed by atoms with Crippen molar-refractivity contribution < 1.29 is 0 Å². The van der Waals surface area contributed by atoms with Crippen LogP contribution < -0.4 is 5.73 Å². The first-order chi connectivity index (χ1) is 9.08. The fourth-order valence-corrected chi connectivity index (χ4v) is 3.08.